The number of hydrogen-bond acceptors (Lipinski definition) is 6. The molecule has 1 spiro atoms. The average Bonchev–Trinajstić information content (AvgIpc) is 2.99. The SMILES string of the molecule is COc1ccc2c(c1O)[C@]13CCN(C)[C@H](C2)C1(O)CCC1(C3)OCC(C)O1. The molecule has 2 aliphatic heterocycles. The Balaban J connectivity index is 1.72. The molecule has 27 heavy (non-hydrogen) atoms. The third-order valence-corrected chi connectivity index (χ3v) is 7.60. The molecule has 0 amide bonds. The summed E-state index contributed by atoms with van der Waals surface area (Å²) in [6, 6.07) is 3.90. The molecule has 3 unspecified atom stereocenters. The number of methoxy groups -OCH3 is 1. The standard InChI is InChI=1S/C21H29NO5/c1-13-11-26-20(27-13)6-7-21(24)16-10-14-4-5-15(25-3)18(23)17(14)19(21,12-20)8-9-22(16)2/h4-5,13,16,23-24H,6-12H2,1-3H3/t13?,16-,19-,20?,21?/m1/s1. The van der Waals surface area contributed by atoms with Crippen molar-refractivity contribution in [3.63, 3.8) is 0 Å². The number of nitrogens with zero attached hydrogens (tertiary/aromatic N) is 1. The second-order valence-electron chi connectivity index (χ2n) is 8.93. The number of phenolic OH excluding ortho intramolecular Hbond substituents is 1. The number of aliphatic hydroxyl groups is 1. The van der Waals surface area contributed by atoms with Gasteiger partial charge in [0.1, 0.15) is 0 Å². The highest BCUT2D eigenvalue weighted by molar-refractivity contribution is 5.58. The Hall–Kier alpha value is -1.34. The molecule has 2 aliphatic carbocycles. The van der Waals surface area contributed by atoms with Crippen molar-refractivity contribution in [2.24, 2.45) is 0 Å². The van der Waals surface area contributed by atoms with Crippen LogP contribution in [-0.4, -0.2) is 66.0 Å². The number of hydrogen-bond donors (Lipinski definition) is 2. The molecular formula is C21H29NO5. The van der Waals surface area contributed by atoms with Gasteiger partial charge in [0.05, 0.1) is 25.4 Å². The minimum absolute atomic E-state index is 0.0303. The summed E-state index contributed by atoms with van der Waals surface area (Å²) in [5.74, 6) is -0.0420. The summed E-state index contributed by atoms with van der Waals surface area (Å²) in [7, 11) is 3.66. The highest BCUT2D eigenvalue weighted by Crippen LogP contribution is 2.63. The van der Waals surface area contributed by atoms with Gasteiger partial charge >= 0.3 is 0 Å². The van der Waals surface area contributed by atoms with E-state index >= 15 is 0 Å². The van der Waals surface area contributed by atoms with Gasteiger partial charge in [0.25, 0.3) is 0 Å². The zero-order valence-electron chi connectivity index (χ0n) is 16.3. The van der Waals surface area contributed by atoms with Gasteiger partial charge in [0, 0.05) is 29.9 Å². The van der Waals surface area contributed by atoms with E-state index in [2.05, 4.69) is 11.9 Å². The van der Waals surface area contributed by atoms with Crippen molar-refractivity contribution in [3.8, 4) is 11.5 Å². The van der Waals surface area contributed by atoms with Crippen LogP contribution in [0.5, 0.6) is 11.5 Å². The molecular weight excluding hydrogens is 346 g/mol. The maximum atomic E-state index is 12.1. The number of ether oxygens (including phenoxy) is 3. The Morgan fingerprint density at radius 1 is 1.26 bits per heavy atom. The van der Waals surface area contributed by atoms with E-state index in [1.807, 2.05) is 19.1 Å². The summed E-state index contributed by atoms with van der Waals surface area (Å²) in [6.45, 7) is 3.48. The van der Waals surface area contributed by atoms with Crippen LogP contribution >= 0.6 is 0 Å². The van der Waals surface area contributed by atoms with Gasteiger partial charge in [-0.05, 0) is 51.4 Å². The van der Waals surface area contributed by atoms with Gasteiger partial charge < -0.3 is 29.3 Å². The Morgan fingerprint density at radius 2 is 2.07 bits per heavy atom. The topological polar surface area (TPSA) is 71.4 Å². The fourth-order valence-corrected chi connectivity index (χ4v) is 6.37. The molecule has 2 saturated heterocycles. The van der Waals surface area contributed by atoms with E-state index in [1.54, 1.807) is 7.11 Å². The lowest BCUT2D eigenvalue weighted by Crippen LogP contribution is -2.74. The highest BCUT2D eigenvalue weighted by atomic mass is 16.7. The maximum absolute atomic E-state index is 12.1. The van der Waals surface area contributed by atoms with Crippen LogP contribution in [0.25, 0.3) is 0 Å². The van der Waals surface area contributed by atoms with Crippen LogP contribution in [0, 0.1) is 0 Å². The molecule has 148 valence electrons. The Labute approximate surface area is 160 Å². The molecule has 3 fully saturated rings. The van der Waals surface area contributed by atoms with Gasteiger partial charge in [-0.15, -0.1) is 0 Å². The highest BCUT2D eigenvalue weighted by Gasteiger charge is 2.69. The third kappa shape index (κ3) is 2.15. The van der Waals surface area contributed by atoms with Crippen molar-refractivity contribution in [1.82, 2.24) is 4.90 Å². The Kier molecular flexibility index (Phi) is 3.68. The zero-order valence-corrected chi connectivity index (χ0v) is 16.3. The van der Waals surface area contributed by atoms with Gasteiger partial charge in [0.15, 0.2) is 17.3 Å². The average molecular weight is 375 g/mol. The number of likely N-dealkylation sites (tertiary alicyclic amines) is 1. The minimum Gasteiger partial charge on any atom is -0.504 e. The number of aromatic hydroxyl groups is 1. The maximum Gasteiger partial charge on any atom is 0.169 e. The predicted molar refractivity (Wildman–Crippen MR) is 99.1 cm³/mol. The number of fused-ring (bicyclic) bond motifs is 1. The zero-order chi connectivity index (χ0) is 19.0. The molecule has 5 atom stereocenters. The van der Waals surface area contributed by atoms with Gasteiger partial charge in [-0.3, -0.25) is 0 Å². The normalized spacial score (nSPS) is 43.4. The van der Waals surface area contributed by atoms with E-state index in [0.717, 1.165) is 30.5 Å². The first-order valence-electron chi connectivity index (χ1n) is 9.98. The molecule has 1 aromatic rings. The van der Waals surface area contributed by atoms with Crippen molar-refractivity contribution in [3.05, 3.63) is 23.3 Å². The summed E-state index contributed by atoms with van der Waals surface area (Å²) in [4.78, 5) is 2.28. The number of likely N-dealkylation sites (N-methyl/N-ethyl adjacent to an activating group) is 1. The lowest BCUT2D eigenvalue weighted by Gasteiger charge is -2.65. The second-order valence-corrected chi connectivity index (χ2v) is 8.93. The van der Waals surface area contributed by atoms with Crippen molar-refractivity contribution in [2.75, 3.05) is 27.3 Å². The fraction of sp³-hybridized carbons (Fsp3) is 0.714. The molecule has 0 radical (unpaired) electrons. The van der Waals surface area contributed by atoms with Crippen LogP contribution in [0.2, 0.25) is 0 Å². The molecule has 2 bridgehead atoms. The second kappa shape index (κ2) is 5.60. The summed E-state index contributed by atoms with van der Waals surface area (Å²) in [5, 5.41) is 23.2. The molecule has 1 aromatic carbocycles. The first kappa shape index (κ1) is 17.7. The molecule has 6 heteroatoms. The Bertz CT molecular complexity index is 784. The number of piperidine rings is 1. The number of benzene rings is 1. The Morgan fingerprint density at radius 3 is 2.78 bits per heavy atom. The summed E-state index contributed by atoms with van der Waals surface area (Å²) in [6.07, 6.45) is 3.39. The van der Waals surface area contributed by atoms with Crippen LogP contribution in [0.4, 0.5) is 0 Å². The van der Waals surface area contributed by atoms with E-state index in [0.29, 0.717) is 31.6 Å². The van der Waals surface area contributed by atoms with E-state index in [1.165, 1.54) is 0 Å². The van der Waals surface area contributed by atoms with Crippen LogP contribution in [0.3, 0.4) is 0 Å². The first-order valence-corrected chi connectivity index (χ1v) is 9.98. The van der Waals surface area contributed by atoms with Crippen molar-refractivity contribution in [2.45, 2.75) is 68.0 Å². The van der Waals surface area contributed by atoms with Crippen LogP contribution in [0.1, 0.15) is 43.7 Å². The van der Waals surface area contributed by atoms with Crippen LogP contribution < -0.4 is 4.74 Å². The molecule has 6 nitrogen and oxygen atoms in total. The molecule has 2 N–H and O–H groups in total. The van der Waals surface area contributed by atoms with E-state index in [9.17, 15) is 10.2 Å². The fourth-order valence-electron chi connectivity index (χ4n) is 6.37. The summed E-state index contributed by atoms with van der Waals surface area (Å²) >= 11 is 0. The van der Waals surface area contributed by atoms with Crippen LogP contribution in [-0.2, 0) is 21.3 Å². The number of rotatable bonds is 1. The van der Waals surface area contributed by atoms with E-state index < -0.39 is 16.8 Å². The minimum atomic E-state index is -0.916. The quantitative estimate of drug-likeness (QED) is 0.782. The third-order valence-electron chi connectivity index (χ3n) is 7.60. The molecule has 4 aliphatic rings. The van der Waals surface area contributed by atoms with Crippen molar-refractivity contribution in [1.29, 1.82) is 0 Å². The van der Waals surface area contributed by atoms with Gasteiger partial charge in [0.2, 0.25) is 0 Å². The monoisotopic (exact) mass is 375 g/mol. The predicted octanol–water partition coefficient (Wildman–Crippen LogP) is 1.95. The van der Waals surface area contributed by atoms with Crippen molar-refractivity contribution < 1.29 is 24.4 Å². The van der Waals surface area contributed by atoms with Gasteiger partial charge in [-0.1, -0.05) is 6.07 Å². The van der Waals surface area contributed by atoms with Gasteiger partial charge in [-0.25, -0.2) is 0 Å². The molecule has 2 heterocycles. The van der Waals surface area contributed by atoms with Gasteiger partial charge in [-0.2, -0.15) is 0 Å². The van der Waals surface area contributed by atoms with Crippen molar-refractivity contribution >= 4 is 0 Å². The lowest BCUT2D eigenvalue weighted by molar-refractivity contribution is -0.261. The first-order chi connectivity index (χ1) is 12.8. The van der Waals surface area contributed by atoms with E-state index in [-0.39, 0.29) is 17.9 Å². The molecule has 5 rings (SSSR count). The summed E-state index contributed by atoms with van der Waals surface area (Å²) < 4.78 is 17.8. The smallest absolute Gasteiger partial charge is 0.169 e. The lowest BCUT2D eigenvalue weighted by atomic mass is 9.48. The molecule has 1 saturated carbocycles. The van der Waals surface area contributed by atoms with E-state index in [4.69, 9.17) is 14.2 Å². The largest absolute Gasteiger partial charge is 0.504 e. The number of phenols is 1. The molecule has 0 aromatic heterocycles. The van der Waals surface area contributed by atoms with Crippen LogP contribution in [0.15, 0.2) is 12.1 Å². The summed E-state index contributed by atoms with van der Waals surface area (Å²) in [5.41, 5.74) is 0.427.